The predicted molar refractivity (Wildman–Crippen MR) is 171 cm³/mol. The van der Waals surface area contributed by atoms with Crippen LogP contribution in [0.25, 0.3) is 44.3 Å². The van der Waals surface area contributed by atoms with E-state index < -0.39 is 17.4 Å². The standard InChI is InChI=1S/C33H28FN5O4S/c1-35-32(41)30-25-16-23(27(38(2)44-3)17-29(25)43-31(30)20-9-12-22(34)13-10-20)21-11-14-26-24(15-21)33(42)39(37-36-26)28(18-40)19-7-5-4-6-8-19/h4-17,28,40H,18H2,1-3H3,(H,35,41). The minimum atomic E-state index is -0.704. The number of anilines is 1. The molecule has 0 saturated heterocycles. The fourth-order valence-electron chi connectivity index (χ4n) is 5.30. The summed E-state index contributed by atoms with van der Waals surface area (Å²) >= 11 is 1.48. The molecule has 2 aromatic heterocycles. The Morgan fingerprint density at radius 2 is 1.77 bits per heavy atom. The number of benzene rings is 4. The molecule has 6 aromatic rings. The van der Waals surface area contributed by atoms with Crippen LogP contribution in [0.2, 0.25) is 0 Å². The van der Waals surface area contributed by atoms with Crippen molar-refractivity contribution >= 4 is 45.4 Å². The highest BCUT2D eigenvalue weighted by Crippen LogP contribution is 2.42. The molecule has 0 aliphatic heterocycles. The summed E-state index contributed by atoms with van der Waals surface area (Å²) in [5.74, 6) is -0.429. The summed E-state index contributed by atoms with van der Waals surface area (Å²) in [5.41, 5.74) is 4.34. The van der Waals surface area contributed by atoms with Gasteiger partial charge in [0.25, 0.3) is 11.5 Å². The zero-order chi connectivity index (χ0) is 31.0. The SMILES string of the molecule is CNC(=O)c1c(-c2ccc(F)cc2)oc2cc(N(C)SC)c(-c3ccc4nnn(C(CO)c5ccccc5)c(=O)c4c3)cc12. The molecule has 6 rings (SSSR count). The number of hydrogen-bond donors (Lipinski definition) is 2. The van der Waals surface area contributed by atoms with Crippen molar-refractivity contribution in [2.45, 2.75) is 6.04 Å². The van der Waals surface area contributed by atoms with E-state index in [2.05, 4.69) is 15.6 Å². The first-order valence-electron chi connectivity index (χ1n) is 13.8. The lowest BCUT2D eigenvalue weighted by molar-refractivity contribution is 0.0964. The number of carbonyl (C=O) groups is 1. The molecular weight excluding hydrogens is 581 g/mol. The second-order valence-corrected chi connectivity index (χ2v) is 11.0. The molecule has 2 N–H and O–H groups in total. The van der Waals surface area contributed by atoms with Crippen molar-refractivity contribution in [1.82, 2.24) is 20.3 Å². The minimum absolute atomic E-state index is 0.316. The van der Waals surface area contributed by atoms with Crippen molar-refractivity contribution in [3.05, 3.63) is 112 Å². The quantitative estimate of drug-likeness (QED) is 0.213. The number of furan rings is 1. The van der Waals surface area contributed by atoms with Crippen molar-refractivity contribution in [1.29, 1.82) is 0 Å². The largest absolute Gasteiger partial charge is 0.455 e. The summed E-state index contributed by atoms with van der Waals surface area (Å²) in [6.07, 6.45) is 1.93. The van der Waals surface area contributed by atoms with Crippen LogP contribution in [0.3, 0.4) is 0 Å². The third-order valence-corrected chi connectivity index (χ3v) is 8.37. The molecule has 44 heavy (non-hydrogen) atoms. The maximum atomic E-state index is 13.8. The van der Waals surface area contributed by atoms with Gasteiger partial charge in [0.1, 0.15) is 28.7 Å². The second-order valence-electron chi connectivity index (χ2n) is 10.1. The van der Waals surface area contributed by atoms with Gasteiger partial charge in [0.2, 0.25) is 0 Å². The Bertz CT molecular complexity index is 2060. The summed E-state index contributed by atoms with van der Waals surface area (Å²) in [4.78, 5) is 27.0. The number of fused-ring (bicyclic) bond motifs is 2. The normalized spacial score (nSPS) is 12.0. The van der Waals surface area contributed by atoms with E-state index in [4.69, 9.17) is 4.42 Å². The summed E-state index contributed by atoms with van der Waals surface area (Å²) in [7, 11) is 3.45. The van der Waals surface area contributed by atoms with Gasteiger partial charge in [-0.2, -0.15) is 0 Å². The highest BCUT2D eigenvalue weighted by molar-refractivity contribution is 7.99. The molecule has 0 saturated carbocycles. The Kier molecular flexibility index (Phi) is 7.90. The Balaban J connectivity index is 1.58. The van der Waals surface area contributed by atoms with Crippen molar-refractivity contribution in [2.24, 2.45) is 0 Å². The highest BCUT2D eigenvalue weighted by Gasteiger charge is 2.25. The maximum absolute atomic E-state index is 13.8. The van der Waals surface area contributed by atoms with Crippen molar-refractivity contribution in [3.63, 3.8) is 0 Å². The Labute approximate surface area is 256 Å². The molecule has 222 valence electrons. The van der Waals surface area contributed by atoms with E-state index >= 15 is 0 Å². The van der Waals surface area contributed by atoms with Gasteiger partial charge in [-0.1, -0.05) is 53.6 Å². The minimum Gasteiger partial charge on any atom is -0.455 e. The molecule has 11 heteroatoms. The molecular formula is C33H28FN5O4S. The van der Waals surface area contributed by atoms with Gasteiger partial charge in [0, 0.05) is 42.9 Å². The lowest BCUT2D eigenvalue weighted by Gasteiger charge is -2.20. The molecule has 1 unspecified atom stereocenters. The van der Waals surface area contributed by atoms with E-state index in [9.17, 15) is 19.1 Å². The van der Waals surface area contributed by atoms with Gasteiger partial charge in [0.05, 0.1) is 23.2 Å². The first-order valence-corrected chi connectivity index (χ1v) is 14.9. The fraction of sp³-hybridized carbons (Fsp3) is 0.152. The maximum Gasteiger partial charge on any atom is 0.278 e. The van der Waals surface area contributed by atoms with Crippen LogP contribution in [0.4, 0.5) is 10.1 Å². The molecule has 9 nitrogen and oxygen atoms in total. The molecule has 0 aliphatic rings. The van der Waals surface area contributed by atoms with E-state index in [1.807, 2.05) is 66.1 Å². The van der Waals surface area contributed by atoms with E-state index in [0.29, 0.717) is 44.3 Å². The smallest absolute Gasteiger partial charge is 0.278 e. The summed E-state index contributed by atoms with van der Waals surface area (Å²) < 4.78 is 23.1. The lowest BCUT2D eigenvalue weighted by atomic mass is 9.97. The zero-order valence-electron chi connectivity index (χ0n) is 24.1. The summed E-state index contributed by atoms with van der Waals surface area (Å²) in [5, 5.41) is 22.2. The third-order valence-electron chi connectivity index (χ3n) is 7.63. The van der Waals surface area contributed by atoms with Gasteiger partial charge in [-0.15, -0.1) is 5.10 Å². The number of aromatic nitrogens is 3. The zero-order valence-corrected chi connectivity index (χ0v) is 24.9. The van der Waals surface area contributed by atoms with E-state index in [1.165, 1.54) is 35.8 Å². The average molecular weight is 610 g/mol. The molecule has 0 fully saturated rings. The van der Waals surface area contributed by atoms with Crippen LogP contribution in [0, 0.1) is 5.82 Å². The number of rotatable bonds is 8. The van der Waals surface area contributed by atoms with E-state index in [0.717, 1.165) is 16.8 Å². The number of carbonyl (C=O) groups excluding carboxylic acids is 1. The molecule has 0 aliphatic carbocycles. The number of hydrogen-bond acceptors (Lipinski definition) is 8. The van der Waals surface area contributed by atoms with Crippen molar-refractivity contribution in [2.75, 3.05) is 31.3 Å². The Hall–Kier alpha value is -5.00. The van der Waals surface area contributed by atoms with Gasteiger partial charge in [-0.25, -0.2) is 9.07 Å². The molecule has 2 heterocycles. The molecule has 1 atom stereocenters. The Morgan fingerprint density at radius 3 is 2.45 bits per heavy atom. The van der Waals surface area contributed by atoms with Crippen LogP contribution in [0.5, 0.6) is 0 Å². The predicted octanol–water partition coefficient (Wildman–Crippen LogP) is 5.67. The summed E-state index contributed by atoms with van der Waals surface area (Å²) in [6.45, 7) is -0.331. The molecule has 4 aromatic carbocycles. The third kappa shape index (κ3) is 5.10. The van der Waals surface area contributed by atoms with Crippen molar-refractivity contribution < 1.29 is 18.7 Å². The van der Waals surface area contributed by atoms with Crippen molar-refractivity contribution in [3.8, 4) is 22.5 Å². The number of aliphatic hydroxyl groups is 1. The van der Waals surface area contributed by atoms with Crippen LogP contribution < -0.4 is 15.2 Å². The highest BCUT2D eigenvalue weighted by atomic mass is 32.2. The monoisotopic (exact) mass is 609 g/mol. The molecule has 0 radical (unpaired) electrons. The fourth-order valence-corrected chi connectivity index (χ4v) is 5.65. The van der Waals surface area contributed by atoms with E-state index in [-0.39, 0.29) is 12.5 Å². The van der Waals surface area contributed by atoms with Gasteiger partial charge < -0.3 is 19.1 Å². The topological polar surface area (TPSA) is 113 Å². The lowest BCUT2D eigenvalue weighted by Crippen LogP contribution is -2.31. The first-order chi connectivity index (χ1) is 21.3. The number of nitrogens with zero attached hydrogens (tertiary/aromatic N) is 4. The van der Waals surface area contributed by atoms with Gasteiger partial charge in [-0.05, 0) is 53.6 Å². The number of amides is 1. The first kappa shape index (κ1) is 29.1. The number of nitrogens with one attached hydrogen (secondary N) is 1. The second kappa shape index (κ2) is 11.9. The molecule has 1 amide bonds. The summed E-state index contributed by atoms with van der Waals surface area (Å²) in [6, 6.07) is 23.3. The molecule has 0 bridgehead atoms. The van der Waals surface area contributed by atoms with Crippen LogP contribution in [-0.2, 0) is 0 Å². The van der Waals surface area contributed by atoms with Crippen LogP contribution in [0.1, 0.15) is 22.0 Å². The van der Waals surface area contributed by atoms with Gasteiger partial charge >= 0.3 is 0 Å². The van der Waals surface area contributed by atoms with Crippen LogP contribution in [0.15, 0.2) is 94.1 Å². The average Bonchev–Trinajstić information content (AvgIpc) is 3.44. The number of aliphatic hydroxyl groups excluding tert-OH is 1. The van der Waals surface area contributed by atoms with Crippen LogP contribution >= 0.6 is 11.9 Å². The van der Waals surface area contributed by atoms with Crippen LogP contribution in [-0.4, -0.2) is 53.0 Å². The number of halogens is 1. The Morgan fingerprint density at radius 1 is 1.05 bits per heavy atom. The van der Waals surface area contributed by atoms with E-state index in [1.54, 1.807) is 24.3 Å². The molecule has 0 spiro atoms. The van der Waals surface area contributed by atoms with Gasteiger partial charge in [0.15, 0.2) is 0 Å². The van der Waals surface area contributed by atoms with Gasteiger partial charge in [-0.3, -0.25) is 9.59 Å².